The number of aryl methyl sites for hydroxylation is 2. The summed E-state index contributed by atoms with van der Waals surface area (Å²) < 4.78 is 23.8. The fourth-order valence-corrected chi connectivity index (χ4v) is 3.77. The lowest BCUT2D eigenvalue weighted by molar-refractivity contribution is 0.405. The van der Waals surface area contributed by atoms with Crippen LogP contribution < -0.4 is 9.05 Å². The molecule has 0 aliphatic heterocycles. The van der Waals surface area contributed by atoms with Gasteiger partial charge in [-0.05, 0) is 42.7 Å². The molecule has 0 saturated carbocycles. The average molecular weight is 373 g/mol. The maximum absolute atomic E-state index is 12.7. The van der Waals surface area contributed by atoms with Crippen molar-refractivity contribution in [2.75, 3.05) is 0 Å². The van der Waals surface area contributed by atoms with Crippen molar-refractivity contribution >= 4 is 18.2 Å². The van der Waals surface area contributed by atoms with E-state index in [0.29, 0.717) is 11.5 Å². The number of benzene rings is 3. The van der Waals surface area contributed by atoms with Gasteiger partial charge in [-0.15, -0.1) is 0 Å². The van der Waals surface area contributed by atoms with Crippen molar-refractivity contribution in [3.63, 3.8) is 0 Å². The molecule has 5 heteroatoms. The van der Waals surface area contributed by atoms with Crippen LogP contribution in [0.25, 0.3) is 11.1 Å². The molecule has 3 aromatic rings. The van der Waals surface area contributed by atoms with Crippen LogP contribution in [0.2, 0.25) is 0 Å². The number of para-hydroxylation sites is 1. The summed E-state index contributed by atoms with van der Waals surface area (Å²) in [7, 11) is 0. The Hall–Kier alpha value is -2.22. The summed E-state index contributed by atoms with van der Waals surface area (Å²) in [6.45, 7) is -0.0660. The van der Waals surface area contributed by atoms with Gasteiger partial charge in [-0.1, -0.05) is 60.7 Å². The third-order valence-electron chi connectivity index (χ3n) is 3.73. The van der Waals surface area contributed by atoms with Gasteiger partial charge in [0, 0.05) is 16.8 Å². The van der Waals surface area contributed by atoms with Crippen molar-refractivity contribution in [1.29, 1.82) is 0 Å². The first kappa shape index (κ1) is 17.6. The Labute approximate surface area is 152 Å². The van der Waals surface area contributed by atoms with E-state index in [1.807, 2.05) is 68.4 Å². The number of rotatable bonds is 5. The Balaban J connectivity index is 1.89. The summed E-state index contributed by atoms with van der Waals surface area (Å²) in [5.74, 6) is 0.868. The molecule has 128 valence electrons. The van der Waals surface area contributed by atoms with Gasteiger partial charge in [-0.2, -0.15) is 0 Å². The van der Waals surface area contributed by atoms with Crippen LogP contribution in [0.5, 0.6) is 11.5 Å². The SMILES string of the molecule is Cc1ccc(C)c(OP(=O)(Cl)Oc2ccccc2-c2ccccc2)c1. The van der Waals surface area contributed by atoms with Crippen molar-refractivity contribution < 1.29 is 13.6 Å². The first-order chi connectivity index (χ1) is 11.9. The van der Waals surface area contributed by atoms with Gasteiger partial charge in [0.15, 0.2) is 0 Å². The van der Waals surface area contributed by atoms with Gasteiger partial charge in [0.2, 0.25) is 0 Å². The highest BCUT2D eigenvalue weighted by Crippen LogP contribution is 2.55. The summed E-state index contributed by atoms with van der Waals surface area (Å²) in [5.41, 5.74) is 3.57. The molecule has 0 spiro atoms. The topological polar surface area (TPSA) is 35.5 Å². The summed E-state index contributed by atoms with van der Waals surface area (Å²) in [6, 6.07) is 22.6. The monoisotopic (exact) mass is 372 g/mol. The Kier molecular flexibility index (Phi) is 5.17. The molecule has 0 amide bonds. The Morgan fingerprint density at radius 2 is 1.44 bits per heavy atom. The van der Waals surface area contributed by atoms with Gasteiger partial charge >= 0.3 is 6.95 Å². The van der Waals surface area contributed by atoms with E-state index < -0.39 is 6.95 Å². The standard InChI is InChI=1S/C20H18ClO3P/c1-15-12-13-16(2)20(14-15)24-25(21,22)23-19-11-7-6-10-18(19)17-8-4-3-5-9-17/h3-14H,1-2H3. The van der Waals surface area contributed by atoms with Crippen LogP contribution >= 0.6 is 18.2 Å². The Morgan fingerprint density at radius 1 is 0.800 bits per heavy atom. The van der Waals surface area contributed by atoms with E-state index >= 15 is 0 Å². The van der Waals surface area contributed by atoms with Crippen LogP contribution in [0.15, 0.2) is 72.8 Å². The lowest BCUT2D eigenvalue weighted by Gasteiger charge is -2.17. The molecule has 1 atom stereocenters. The Bertz CT molecular complexity index is 925. The largest absolute Gasteiger partial charge is 0.530 e. The molecular weight excluding hydrogens is 355 g/mol. The predicted octanol–water partition coefficient (Wildman–Crippen LogP) is 6.78. The minimum atomic E-state index is -3.86. The molecule has 0 aromatic heterocycles. The molecule has 0 saturated heterocycles. The molecule has 25 heavy (non-hydrogen) atoms. The molecule has 0 aliphatic carbocycles. The van der Waals surface area contributed by atoms with Gasteiger partial charge in [-0.3, -0.25) is 0 Å². The molecule has 0 bridgehead atoms. The van der Waals surface area contributed by atoms with Crippen LogP contribution in [-0.4, -0.2) is 0 Å². The molecule has 3 nitrogen and oxygen atoms in total. The van der Waals surface area contributed by atoms with Crippen LogP contribution in [0.3, 0.4) is 0 Å². The molecular formula is C20H18ClO3P. The molecule has 0 radical (unpaired) electrons. The molecule has 0 N–H and O–H groups in total. The zero-order chi connectivity index (χ0) is 17.9. The second-order valence-electron chi connectivity index (χ2n) is 5.74. The zero-order valence-electron chi connectivity index (χ0n) is 14.0. The van der Waals surface area contributed by atoms with Crippen LogP contribution in [-0.2, 0) is 4.57 Å². The summed E-state index contributed by atoms with van der Waals surface area (Å²) in [4.78, 5) is 0. The van der Waals surface area contributed by atoms with E-state index in [1.54, 1.807) is 18.2 Å². The summed E-state index contributed by atoms with van der Waals surface area (Å²) in [5, 5.41) is 0. The van der Waals surface area contributed by atoms with E-state index in [9.17, 15) is 4.57 Å². The minimum Gasteiger partial charge on any atom is -0.404 e. The summed E-state index contributed by atoms with van der Waals surface area (Å²) >= 11 is 6.10. The highest BCUT2D eigenvalue weighted by molar-refractivity contribution is 7.82. The van der Waals surface area contributed by atoms with E-state index in [2.05, 4.69) is 0 Å². The lowest BCUT2D eigenvalue weighted by atomic mass is 10.1. The predicted molar refractivity (Wildman–Crippen MR) is 103 cm³/mol. The number of hydrogen-bond donors (Lipinski definition) is 0. The van der Waals surface area contributed by atoms with E-state index in [0.717, 1.165) is 22.3 Å². The van der Waals surface area contributed by atoms with Gasteiger partial charge in [0.05, 0.1) is 0 Å². The third-order valence-corrected chi connectivity index (χ3v) is 4.97. The second kappa shape index (κ2) is 7.35. The first-order valence-electron chi connectivity index (χ1n) is 7.85. The molecule has 0 heterocycles. The average Bonchev–Trinajstić information content (AvgIpc) is 2.59. The van der Waals surface area contributed by atoms with Gasteiger partial charge < -0.3 is 9.05 Å². The molecule has 0 fully saturated rings. The quantitative estimate of drug-likeness (QED) is 0.463. The number of halogens is 1. The molecule has 3 rings (SSSR count). The van der Waals surface area contributed by atoms with Crippen LogP contribution in [0.1, 0.15) is 11.1 Å². The fraction of sp³-hybridized carbons (Fsp3) is 0.100. The van der Waals surface area contributed by atoms with E-state index in [1.165, 1.54) is 0 Å². The zero-order valence-corrected chi connectivity index (χ0v) is 15.6. The second-order valence-corrected chi connectivity index (χ2v) is 8.21. The van der Waals surface area contributed by atoms with Crippen molar-refractivity contribution in [3.8, 4) is 22.6 Å². The molecule has 3 aromatic carbocycles. The van der Waals surface area contributed by atoms with Crippen molar-refractivity contribution in [1.82, 2.24) is 0 Å². The maximum atomic E-state index is 12.7. The first-order valence-corrected chi connectivity index (χ1v) is 10.3. The van der Waals surface area contributed by atoms with Gasteiger partial charge in [0.1, 0.15) is 11.5 Å². The lowest BCUT2D eigenvalue weighted by Crippen LogP contribution is -1.98. The third kappa shape index (κ3) is 4.45. The normalized spacial score (nSPS) is 13.1. The highest BCUT2D eigenvalue weighted by Gasteiger charge is 2.27. The fourth-order valence-electron chi connectivity index (χ4n) is 2.46. The number of hydrogen-bond acceptors (Lipinski definition) is 3. The summed E-state index contributed by atoms with van der Waals surface area (Å²) in [6.07, 6.45) is 0. The molecule has 1 unspecified atom stereocenters. The van der Waals surface area contributed by atoms with Crippen LogP contribution in [0, 0.1) is 13.8 Å². The van der Waals surface area contributed by atoms with Crippen molar-refractivity contribution in [2.45, 2.75) is 13.8 Å². The Morgan fingerprint density at radius 3 is 2.20 bits per heavy atom. The maximum Gasteiger partial charge on any atom is 0.530 e. The van der Waals surface area contributed by atoms with Crippen molar-refractivity contribution in [2.24, 2.45) is 0 Å². The van der Waals surface area contributed by atoms with E-state index in [-0.39, 0.29) is 0 Å². The van der Waals surface area contributed by atoms with Crippen LogP contribution in [0.4, 0.5) is 0 Å². The van der Waals surface area contributed by atoms with E-state index in [4.69, 9.17) is 20.3 Å². The van der Waals surface area contributed by atoms with Gasteiger partial charge in [-0.25, -0.2) is 4.57 Å². The van der Waals surface area contributed by atoms with Crippen molar-refractivity contribution in [3.05, 3.63) is 83.9 Å². The molecule has 0 aliphatic rings. The van der Waals surface area contributed by atoms with Gasteiger partial charge in [0.25, 0.3) is 0 Å². The smallest absolute Gasteiger partial charge is 0.404 e. The highest BCUT2D eigenvalue weighted by atomic mass is 35.7. The minimum absolute atomic E-state index is 0.414.